The van der Waals surface area contributed by atoms with Gasteiger partial charge in [-0.15, -0.1) is 0 Å². The first-order chi connectivity index (χ1) is 15.2. The normalized spacial score (nSPS) is 17.7. The fourth-order valence-corrected chi connectivity index (χ4v) is 3.83. The number of nitrogens with zero attached hydrogens (tertiary/aromatic N) is 3. The van der Waals surface area contributed by atoms with Gasteiger partial charge in [-0.1, -0.05) is 0 Å². The maximum Gasteiger partial charge on any atom is 0.271 e. The van der Waals surface area contributed by atoms with Crippen LogP contribution in [0.15, 0.2) is 47.7 Å². The van der Waals surface area contributed by atoms with Crippen LogP contribution in [-0.4, -0.2) is 49.4 Å². The average Bonchev–Trinajstić information content (AvgIpc) is 3.24. The van der Waals surface area contributed by atoms with Crippen molar-refractivity contribution in [2.75, 3.05) is 17.5 Å². The summed E-state index contributed by atoms with van der Waals surface area (Å²) < 4.78 is 59.8. The molecule has 168 valence electrons. The first-order valence-corrected chi connectivity index (χ1v) is 11.2. The molecule has 0 radical (unpaired) electrons. The molecule has 0 spiro atoms. The van der Waals surface area contributed by atoms with Crippen molar-refractivity contribution >= 4 is 33.7 Å². The number of halogens is 2. The van der Waals surface area contributed by atoms with E-state index in [0.717, 1.165) is 12.1 Å². The van der Waals surface area contributed by atoms with Gasteiger partial charge in [-0.25, -0.2) is 17.2 Å². The first-order valence-electron chi connectivity index (χ1n) is 9.52. The molecule has 1 unspecified atom stereocenters. The minimum atomic E-state index is -3.57. The van der Waals surface area contributed by atoms with Crippen molar-refractivity contribution in [3.63, 3.8) is 0 Å². The van der Waals surface area contributed by atoms with Crippen molar-refractivity contribution in [1.82, 2.24) is 15.2 Å². The fourth-order valence-electron chi connectivity index (χ4n) is 3.20. The molecule has 2 aliphatic rings. The largest absolute Gasteiger partial charge is 0.454 e. The third kappa shape index (κ3) is 4.08. The van der Waals surface area contributed by atoms with E-state index in [0.29, 0.717) is 17.3 Å². The Morgan fingerprint density at radius 2 is 1.94 bits per heavy atom. The SMILES string of the molecule is CCS(=O)(=O)Nc1ccc(Oc2ccc(F)cc2F)c(C2=CN(C)C(=O)C3NN=CN23)c1. The van der Waals surface area contributed by atoms with Gasteiger partial charge < -0.3 is 9.64 Å². The zero-order valence-electron chi connectivity index (χ0n) is 17.0. The number of amides is 1. The molecular weight excluding hydrogens is 444 g/mol. The number of anilines is 1. The number of sulfonamides is 1. The van der Waals surface area contributed by atoms with Crippen LogP contribution in [0.3, 0.4) is 0 Å². The number of nitrogens with one attached hydrogen (secondary N) is 2. The van der Waals surface area contributed by atoms with Crippen molar-refractivity contribution in [2.24, 2.45) is 5.10 Å². The fraction of sp³-hybridized carbons (Fsp3) is 0.200. The number of carbonyl (C=O) groups is 1. The Balaban J connectivity index is 1.82. The highest BCUT2D eigenvalue weighted by molar-refractivity contribution is 7.92. The second kappa shape index (κ2) is 8.11. The van der Waals surface area contributed by atoms with E-state index < -0.39 is 27.8 Å². The topological polar surface area (TPSA) is 103 Å². The van der Waals surface area contributed by atoms with Gasteiger partial charge in [0, 0.05) is 30.6 Å². The molecule has 9 nitrogen and oxygen atoms in total. The van der Waals surface area contributed by atoms with Gasteiger partial charge in [0.25, 0.3) is 5.91 Å². The standard InChI is InChI=1S/C20H19F2N5O4S/c1-3-32(29,30)25-13-5-7-17(31-18-6-4-12(21)8-15(18)22)14(9-13)16-10-26(2)20(28)19-24-23-11-27(16)19/h4-11,19,24-25H,3H2,1-2H3. The number of hydrogen-bond acceptors (Lipinski definition) is 7. The number of ether oxygens (including phenoxy) is 1. The molecule has 2 aliphatic heterocycles. The number of likely N-dealkylation sites (N-methyl/N-ethyl adjacent to an activating group) is 1. The summed E-state index contributed by atoms with van der Waals surface area (Å²) in [6, 6.07) is 7.31. The Morgan fingerprint density at radius 3 is 2.66 bits per heavy atom. The van der Waals surface area contributed by atoms with E-state index in [2.05, 4.69) is 15.2 Å². The monoisotopic (exact) mass is 463 g/mol. The van der Waals surface area contributed by atoms with Crippen molar-refractivity contribution in [1.29, 1.82) is 0 Å². The summed E-state index contributed by atoms with van der Waals surface area (Å²) in [6.45, 7) is 1.50. The maximum absolute atomic E-state index is 14.2. The summed E-state index contributed by atoms with van der Waals surface area (Å²) in [5.41, 5.74) is 3.74. The van der Waals surface area contributed by atoms with E-state index >= 15 is 0 Å². The van der Waals surface area contributed by atoms with Crippen LogP contribution in [0.25, 0.3) is 5.70 Å². The van der Waals surface area contributed by atoms with E-state index in [-0.39, 0.29) is 28.8 Å². The molecule has 0 saturated carbocycles. The number of hydrazone groups is 1. The smallest absolute Gasteiger partial charge is 0.271 e. The molecule has 32 heavy (non-hydrogen) atoms. The van der Waals surface area contributed by atoms with Gasteiger partial charge in [0.1, 0.15) is 17.9 Å². The van der Waals surface area contributed by atoms with Crippen LogP contribution in [0.4, 0.5) is 14.5 Å². The Bertz CT molecular complexity index is 1250. The van der Waals surface area contributed by atoms with Crippen LogP contribution in [-0.2, 0) is 14.8 Å². The quantitative estimate of drug-likeness (QED) is 0.682. The molecule has 4 rings (SSSR count). The summed E-state index contributed by atoms with van der Waals surface area (Å²) in [5, 5.41) is 3.93. The highest BCUT2D eigenvalue weighted by Crippen LogP contribution is 2.37. The van der Waals surface area contributed by atoms with Crippen LogP contribution < -0.4 is 14.9 Å². The molecule has 0 aliphatic carbocycles. The molecule has 2 N–H and O–H groups in total. The molecule has 2 aromatic rings. The van der Waals surface area contributed by atoms with Gasteiger partial charge in [0.2, 0.25) is 16.2 Å². The molecule has 2 aromatic carbocycles. The number of rotatable bonds is 6. The van der Waals surface area contributed by atoms with Gasteiger partial charge in [-0.3, -0.25) is 19.8 Å². The van der Waals surface area contributed by atoms with Gasteiger partial charge in [-0.2, -0.15) is 5.10 Å². The molecule has 12 heteroatoms. The number of fused-ring (bicyclic) bond motifs is 1. The van der Waals surface area contributed by atoms with Gasteiger partial charge in [0.15, 0.2) is 11.6 Å². The van der Waals surface area contributed by atoms with Crippen molar-refractivity contribution in [2.45, 2.75) is 13.1 Å². The van der Waals surface area contributed by atoms with Crippen LogP contribution in [0.5, 0.6) is 11.5 Å². The van der Waals surface area contributed by atoms with Gasteiger partial charge in [-0.05, 0) is 37.3 Å². The zero-order chi connectivity index (χ0) is 23.0. The Morgan fingerprint density at radius 1 is 1.19 bits per heavy atom. The first kappa shape index (κ1) is 21.6. The zero-order valence-corrected chi connectivity index (χ0v) is 17.9. The van der Waals surface area contributed by atoms with Crippen molar-refractivity contribution < 1.29 is 26.7 Å². The van der Waals surface area contributed by atoms with E-state index in [9.17, 15) is 22.0 Å². The minimum Gasteiger partial charge on any atom is -0.454 e. The molecule has 0 saturated heterocycles. The Labute approximate surface area is 183 Å². The van der Waals surface area contributed by atoms with Gasteiger partial charge in [0.05, 0.1) is 11.4 Å². The second-order valence-electron chi connectivity index (χ2n) is 7.04. The molecule has 1 atom stereocenters. The molecular formula is C20H19F2N5O4S. The maximum atomic E-state index is 14.2. The van der Waals surface area contributed by atoms with E-state index in [1.54, 1.807) is 11.9 Å². The molecule has 0 bridgehead atoms. The lowest BCUT2D eigenvalue weighted by Gasteiger charge is -2.34. The van der Waals surface area contributed by atoms with E-state index in [1.165, 1.54) is 42.6 Å². The molecule has 2 heterocycles. The van der Waals surface area contributed by atoms with E-state index in [1.807, 2.05) is 0 Å². The summed E-state index contributed by atoms with van der Waals surface area (Å²) in [5.74, 6) is -2.12. The minimum absolute atomic E-state index is 0.133. The summed E-state index contributed by atoms with van der Waals surface area (Å²) in [6.07, 6.45) is 2.14. The molecule has 1 amide bonds. The lowest BCUT2D eigenvalue weighted by Crippen LogP contribution is -2.51. The van der Waals surface area contributed by atoms with Crippen LogP contribution in [0.2, 0.25) is 0 Å². The number of carbonyl (C=O) groups excluding carboxylic acids is 1. The number of benzene rings is 2. The third-order valence-electron chi connectivity index (χ3n) is 4.86. The van der Waals surface area contributed by atoms with Crippen molar-refractivity contribution in [3.05, 3.63) is 59.8 Å². The average molecular weight is 463 g/mol. The number of hydrogen-bond donors (Lipinski definition) is 2. The molecule has 0 fully saturated rings. The highest BCUT2D eigenvalue weighted by Gasteiger charge is 2.37. The van der Waals surface area contributed by atoms with Crippen LogP contribution in [0, 0.1) is 11.6 Å². The summed E-state index contributed by atoms with van der Waals surface area (Å²) >= 11 is 0. The van der Waals surface area contributed by atoms with Crippen LogP contribution in [0.1, 0.15) is 12.5 Å². The Hall–Kier alpha value is -3.67. The predicted octanol–water partition coefficient (Wildman–Crippen LogP) is 2.46. The summed E-state index contributed by atoms with van der Waals surface area (Å²) in [7, 11) is -2.01. The lowest BCUT2D eigenvalue weighted by molar-refractivity contribution is -0.132. The Kier molecular flexibility index (Phi) is 5.46. The van der Waals surface area contributed by atoms with Crippen LogP contribution >= 0.6 is 0 Å². The highest BCUT2D eigenvalue weighted by atomic mass is 32.2. The lowest BCUT2D eigenvalue weighted by atomic mass is 10.1. The van der Waals surface area contributed by atoms with Crippen molar-refractivity contribution in [3.8, 4) is 11.5 Å². The molecule has 0 aromatic heterocycles. The predicted molar refractivity (Wildman–Crippen MR) is 114 cm³/mol. The summed E-state index contributed by atoms with van der Waals surface area (Å²) in [4.78, 5) is 15.3. The van der Waals surface area contributed by atoms with E-state index in [4.69, 9.17) is 4.74 Å². The van der Waals surface area contributed by atoms with Gasteiger partial charge >= 0.3 is 0 Å². The third-order valence-corrected chi connectivity index (χ3v) is 6.16. The second-order valence-corrected chi connectivity index (χ2v) is 9.05.